The largest absolute Gasteiger partial charge is 0.490 e. The van der Waals surface area contributed by atoms with Gasteiger partial charge in [0, 0.05) is 20.0 Å². The summed E-state index contributed by atoms with van der Waals surface area (Å²) in [6.07, 6.45) is 2.81. The minimum absolute atomic E-state index is 0.0676. The zero-order valence-electron chi connectivity index (χ0n) is 14.6. The van der Waals surface area contributed by atoms with Gasteiger partial charge in [0.2, 0.25) is 0 Å². The van der Waals surface area contributed by atoms with Crippen molar-refractivity contribution in [3.05, 3.63) is 23.8 Å². The van der Waals surface area contributed by atoms with Crippen LogP contribution in [0.2, 0.25) is 0 Å². The van der Waals surface area contributed by atoms with E-state index in [0.717, 1.165) is 42.9 Å². The molecule has 2 amide bonds. The average Bonchev–Trinajstić information content (AvgIpc) is 3.00. The first kappa shape index (κ1) is 17.5. The smallest absolute Gasteiger partial charge is 0.278 e. The molecule has 0 spiro atoms. The number of nitrogens with one attached hydrogen (secondary N) is 1. The number of carbonyl (C=O) groups is 2. The number of likely N-dealkylation sites (tertiary alicyclic amines) is 1. The molecule has 7 nitrogen and oxygen atoms in total. The molecule has 25 heavy (non-hydrogen) atoms. The van der Waals surface area contributed by atoms with Crippen molar-refractivity contribution < 1.29 is 24.4 Å². The van der Waals surface area contributed by atoms with E-state index in [1.165, 1.54) is 0 Å². The number of amides is 2. The summed E-state index contributed by atoms with van der Waals surface area (Å²) in [4.78, 5) is 25.7. The number of ether oxygens (including phenoxy) is 2. The van der Waals surface area contributed by atoms with E-state index in [1.807, 2.05) is 23.1 Å². The van der Waals surface area contributed by atoms with Crippen LogP contribution in [0.3, 0.4) is 0 Å². The molecule has 0 radical (unpaired) electrons. The number of quaternary nitrogens is 1. The van der Waals surface area contributed by atoms with Crippen LogP contribution in [0.4, 0.5) is 0 Å². The summed E-state index contributed by atoms with van der Waals surface area (Å²) in [5.74, 6) is 1.53. The second-order valence-corrected chi connectivity index (χ2v) is 6.37. The molecule has 2 aliphatic heterocycles. The van der Waals surface area contributed by atoms with Crippen molar-refractivity contribution in [1.82, 2.24) is 10.2 Å². The monoisotopic (exact) mass is 348 g/mol. The summed E-state index contributed by atoms with van der Waals surface area (Å²) in [6.45, 7) is 2.63. The molecule has 7 heteroatoms. The van der Waals surface area contributed by atoms with Gasteiger partial charge in [0.1, 0.15) is 0 Å². The molecule has 3 N–H and O–H groups in total. The molecule has 0 bridgehead atoms. The third kappa shape index (κ3) is 4.22. The number of nitrogens with two attached hydrogens (primary N) is 1. The standard InChI is InChI=1S/C18H25N3O4/c1-19-17(22)11-20-12-18(23)21-7-2-4-14(21)13-5-6-15-16(10-13)25-9-3-8-24-15/h5-6,10,14,20H,2-4,7-9,11-12H2,1H3,(H,19,22)/p+1/t14-/m0/s1. The molecule has 1 fully saturated rings. The van der Waals surface area contributed by atoms with Crippen molar-refractivity contribution in [3.63, 3.8) is 0 Å². The summed E-state index contributed by atoms with van der Waals surface area (Å²) in [7, 11) is 1.60. The van der Waals surface area contributed by atoms with E-state index in [9.17, 15) is 9.59 Å². The number of nitrogens with zero attached hydrogens (tertiary/aromatic N) is 1. The summed E-state index contributed by atoms with van der Waals surface area (Å²) in [5.41, 5.74) is 1.08. The van der Waals surface area contributed by atoms with Gasteiger partial charge in [-0.25, -0.2) is 0 Å². The fourth-order valence-corrected chi connectivity index (χ4v) is 3.34. The molecular weight excluding hydrogens is 322 g/mol. The molecule has 0 unspecified atom stereocenters. The Morgan fingerprint density at radius 1 is 1.20 bits per heavy atom. The van der Waals surface area contributed by atoms with E-state index in [0.29, 0.717) is 13.2 Å². The average molecular weight is 348 g/mol. The first-order valence-electron chi connectivity index (χ1n) is 8.90. The molecule has 1 aromatic rings. The van der Waals surface area contributed by atoms with E-state index in [2.05, 4.69) is 5.32 Å². The zero-order valence-corrected chi connectivity index (χ0v) is 14.6. The van der Waals surface area contributed by atoms with Gasteiger partial charge in [-0.15, -0.1) is 0 Å². The van der Waals surface area contributed by atoms with Gasteiger partial charge in [0.05, 0.1) is 19.3 Å². The van der Waals surface area contributed by atoms with Crippen molar-refractivity contribution in [3.8, 4) is 11.5 Å². The molecule has 0 saturated carbocycles. The predicted octanol–water partition coefficient (Wildman–Crippen LogP) is -0.179. The quantitative estimate of drug-likeness (QED) is 0.773. The number of hydrogen-bond acceptors (Lipinski definition) is 4. The number of benzene rings is 1. The summed E-state index contributed by atoms with van der Waals surface area (Å²) < 4.78 is 11.4. The van der Waals surface area contributed by atoms with E-state index in [-0.39, 0.29) is 30.9 Å². The maximum atomic E-state index is 12.5. The third-order valence-corrected chi connectivity index (χ3v) is 4.66. The lowest BCUT2D eigenvalue weighted by atomic mass is 10.0. The maximum absolute atomic E-state index is 12.5. The normalized spacial score (nSPS) is 19.4. The van der Waals surface area contributed by atoms with Crippen LogP contribution in [0.5, 0.6) is 11.5 Å². The second kappa shape index (κ2) is 8.20. The summed E-state index contributed by atoms with van der Waals surface area (Å²) >= 11 is 0. The molecule has 1 atom stereocenters. The summed E-state index contributed by atoms with van der Waals surface area (Å²) in [5, 5.41) is 4.30. The van der Waals surface area contributed by atoms with Gasteiger partial charge in [-0.3, -0.25) is 9.59 Å². The molecule has 1 aromatic carbocycles. The van der Waals surface area contributed by atoms with Crippen molar-refractivity contribution in [2.24, 2.45) is 0 Å². The highest BCUT2D eigenvalue weighted by Gasteiger charge is 2.31. The molecule has 0 aliphatic carbocycles. The Kier molecular flexibility index (Phi) is 5.75. The highest BCUT2D eigenvalue weighted by Crippen LogP contribution is 2.37. The fraction of sp³-hybridized carbons (Fsp3) is 0.556. The second-order valence-electron chi connectivity index (χ2n) is 6.37. The lowest BCUT2D eigenvalue weighted by Gasteiger charge is -2.25. The maximum Gasteiger partial charge on any atom is 0.278 e. The zero-order chi connectivity index (χ0) is 17.6. The number of carbonyl (C=O) groups excluding carboxylic acids is 2. The Hall–Kier alpha value is -2.28. The number of hydrogen-bond donors (Lipinski definition) is 2. The molecule has 0 aromatic heterocycles. The Bertz CT molecular complexity index is 635. The highest BCUT2D eigenvalue weighted by molar-refractivity contribution is 5.79. The highest BCUT2D eigenvalue weighted by atomic mass is 16.5. The van der Waals surface area contributed by atoms with E-state index in [1.54, 1.807) is 12.4 Å². The van der Waals surface area contributed by atoms with Crippen LogP contribution < -0.4 is 20.1 Å². The lowest BCUT2D eigenvalue weighted by molar-refractivity contribution is -0.633. The molecular formula is C18H26N3O4+. The van der Waals surface area contributed by atoms with Crippen LogP contribution in [0.25, 0.3) is 0 Å². The van der Waals surface area contributed by atoms with Crippen LogP contribution >= 0.6 is 0 Å². The van der Waals surface area contributed by atoms with Gasteiger partial charge >= 0.3 is 0 Å². The minimum Gasteiger partial charge on any atom is -0.490 e. The van der Waals surface area contributed by atoms with Crippen LogP contribution in [0.15, 0.2) is 18.2 Å². The first-order chi connectivity index (χ1) is 12.2. The number of rotatable bonds is 5. The van der Waals surface area contributed by atoms with Crippen LogP contribution in [-0.2, 0) is 9.59 Å². The van der Waals surface area contributed by atoms with Gasteiger partial charge in [-0.2, -0.15) is 0 Å². The molecule has 2 aliphatic rings. The van der Waals surface area contributed by atoms with Crippen molar-refractivity contribution in [2.75, 3.05) is 39.9 Å². The molecule has 1 saturated heterocycles. The van der Waals surface area contributed by atoms with Crippen LogP contribution in [0, 0.1) is 0 Å². The van der Waals surface area contributed by atoms with Gasteiger partial charge in [0.25, 0.3) is 11.8 Å². The Balaban J connectivity index is 1.66. The molecule has 136 valence electrons. The Morgan fingerprint density at radius 2 is 2.00 bits per heavy atom. The predicted molar refractivity (Wildman–Crippen MR) is 91.5 cm³/mol. The van der Waals surface area contributed by atoms with Gasteiger partial charge in [-0.1, -0.05) is 6.07 Å². The van der Waals surface area contributed by atoms with Gasteiger partial charge < -0.3 is 25.0 Å². The van der Waals surface area contributed by atoms with Gasteiger partial charge in [0.15, 0.2) is 24.6 Å². The van der Waals surface area contributed by atoms with Crippen molar-refractivity contribution in [1.29, 1.82) is 0 Å². The number of fused-ring (bicyclic) bond motifs is 1. The third-order valence-electron chi connectivity index (χ3n) is 4.66. The Morgan fingerprint density at radius 3 is 2.80 bits per heavy atom. The van der Waals surface area contributed by atoms with E-state index in [4.69, 9.17) is 9.47 Å². The lowest BCUT2D eigenvalue weighted by Crippen LogP contribution is -2.88. The first-order valence-corrected chi connectivity index (χ1v) is 8.90. The van der Waals surface area contributed by atoms with Gasteiger partial charge in [-0.05, 0) is 30.5 Å². The SMILES string of the molecule is CNC(=O)C[NH2+]CC(=O)N1CCC[C@H]1c1ccc2c(c1)OCCCO2. The molecule has 3 rings (SSSR count). The Labute approximate surface area is 147 Å². The minimum atomic E-state index is -0.0753. The number of likely N-dealkylation sites (N-methyl/N-ethyl adjacent to an activating group) is 1. The topological polar surface area (TPSA) is 84.5 Å². The summed E-state index contributed by atoms with van der Waals surface area (Å²) in [6, 6.07) is 6.04. The van der Waals surface area contributed by atoms with Crippen molar-refractivity contribution >= 4 is 11.8 Å². The van der Waals surface area contributed by atoms with Crippen LogP contribution in [0.1, 0.15) is 30.9 Å². The molecule has 2 heterocycles. The van der Waals surface area contributed by atoms with E-state index >= 15 is 0 Å². The fourth-order valence-electron chi connectivity index (χ4n) is 3.34. The van der Waals surface area contributed by atoms with Crippen molar-refractivity contribution in [2.45, 2.75) is 25.3 Å². The van der Waals surface area contributed by atoms with Crippen LogP contribution in [-0.4, -0.2) is 56.6 Å². The van der Waals surface area contributed by atoms with E-state index < -0.39 is 0 Å².